The molecule has 0 aromatic carbocycles. The molecule has 0 aromatic rings. The van der Waals surface area contributed by atoms with Crippen LogP contribution in [0.3, 0.4) is 0 Å². The molecule has 0 aromatic heterocycles. The van der Waals surface area contributed by atoms with Gasteiger partial charge in [-0.15, -0.1) is 0 Å². The molecule has 17 heavy (non-hydrogen) atoms. The summed E-state index contributed by atoms with van der Waals surface area (Å²) in [7, 11) is 2.01. The average molecular weight is 238 g/mol. The predicted molar refractivity (Wildman–Crippen MR) is 69.0 cm³/mol. The monoisotopic (exact) mass is 238 g/mol. The summed E-state index contributed by atoms with van der Waals surface area (Å²) in [6, 6.07) is 0. The van der Waals surface area contributed by atoms with Crippen molar-refractivity contribution in [2.24, 2.45) is 17.8 Å². The number of ether oxygens (including phenoxy) is 1. The molecule has 3 fully saturated rings. The highest BCUT2D eigenvalue weighted by Gasteiger charge is 2.40. The van der Waals surface area contributed by atoms with Gasteiger partial charge >= 0.3 is 0 Å². The molecule has 2 bridgehead atoms. The first kappa shape index (κ1) is 11.9. The third-order valence-electron chi connectivity index (χ3n) is 5.03. The lowest BCUT2D eigenvalue weighted by molar-refractivity contribution is -0.0331. The minimum absolute atomic E-state index is 0.410. The van der Waals surface area contributed by atoms with E-state index in [2.05, 4.69) is 10.2 Å². The Bertz CT molecular complexity index is 257. The molecule has 3 aliphatic rings. The highest BCUT2D eigenvalue weighted by molar-refractivity contribution is 4.91. The number of nitrogens with one attached hydrogen (secondary N) is 1. The summed E-state index contributed by atoms with van der Waals surface area (Å²) < 4.78 is 5.77. The van der Waals surface area contributed by atoms with Gasteiger partial charge in [-0.1, -0.05) is 6.42 Å². The van der Waals surface area contributed by atoms with Gasteiger partial charge < -0.3 is 10.1 Å². The van der Waals surface area contributed by atoms with Gasteiger partial charge in [0.1, 0.15) is 0 Å². The van der Waals surface area contributed by atoms with Crippen LogP contribution in [0.4, 0.5) is 0 Å². The fourth-order valence-corrected chi connectivity index (χ4v) is 4.23. The summed E-state index contributed by atoms with van der Waals surface area (Å²) in [6.07, 6.45) is 6.49. The van der Waals surface area contributed by atoms with Gasteiger partial charge in [-0.25, -0.2) is 0 Å². The van der Waals surface area contributed by atoms with Gasteiger partial charge in [0.15, 0.2) is 0 Å². The van der Waals surface area contributed by atoms with Crippen molar-refractivity contribution < 1.29 is 4.74 Å². The predicted octanol–water partition coefficient (Wildman–Crippen LogP) is 1.34. The van der Waals surface area contributed by atoms with E-state index in [1.165, 1.54) is 32.2 Å². The van der Waals surface area contributed by atoms with Crippen LogP contribution in [0, 0.1) is 17.8 Å². The first-order chi connectivity index (χ1) is 8.35. The van der Waals surface area contributed by atoms with Crippen LogP contribution in [-0.2, 0) is 4.74 Å². The topological polar surface area (TPSA) is 24.5 Å². The molecule has 3 rings (SSSR count). The number of hydrogen-bond acceptors (Lipinski definition) is 3. The Kier molecular flexibility index (Phi) is 3.69. The molecule has 0 amide bonds. The number of hydrogen-bond donors (Lipinski definition) is 1. The van der Waals surface area contributed by atoms with Crippen molar-refractivity contribution in [1.82, 2.24) is 10.2 Å². The maximum Gasteiger partial charge on any atom is 0.0826 e. The van der Waals surface area contributed by atoms with Crippen LogP contribution in [0.1, 0.15) is 25.7 Å². The van der Waals surface area contributed by atoms with Crippen LogP contribution in [-0.4, -0.2) is 50.8 Å². The summed E-state index contributed by atoms with van der Waals surface area (Å²) in [6.45, 7) is 5.54. The normalized spacial score (nSPS) is 42.2. The van der Waals surface area contributed by atoms with Crippen molar-refractivity contribution >= 4 is 0 Å². The minimum Gasteiger partial charge on any atom is -0.374 e. The minimum atomic E-state index is 0.410. The van der Waals surface area contributed by atoms with Crippen LogP contribution >= 0.6 is 0 Å². The molecule has 1 N–H and O–H groups in total. The van der Waals surface area contributed by atoms with Gasteiger partial charge in [0.05, 0.1) is 12.7 Å². The Labute approximate surface area is 105 Å². The lowest BCUT2D eigenvalue weighted by atomic mass is 9.88. The quantitative estimate of drug-likeness (QED) is 0.800. The summed E-state index contributed by atoms with van der Waals surface area (Å²) in [4.78, 5) is 2.65. The summed E-state index contributed by atoms with van der Waals surface area (Å²) in [5.41, 5.74) is 0. The first-order valence-electron chi connectivity index (χ1n) is 7.33. The highest BCUT2D eigenvalue weighted by Crippen LogP contribution is 2.48. The molecule has 1 heterocycles. The third-order valence-corrected chi connectivity index (χ3v) is 5.03. The van der Waals surface area contributed by atoms with Gasteiger partial charge in [0, 0.05) is 26.2 Å². The zero-order valence-corrected chi connectivity index (χ0v) is 11.0. The number of fused-ring (bicyclic) bond motifs is 2. The number of rotatable bonds is 4. The molecule has 1 aliphatic heterocycles. The smallest absolute Gasteiger partial charge is 0.0826 e. The molecule has 98 valence electrons. The fourth-order valence-electron chi connectivity index (χ4n) is 4.23. The lowest BCUT2D eigenvalue weighted by Gasteiger charge is -2.36. The Morgan fingerprint density at radius 2 is 2.24 bits per heavy atom. The van der Waals surface area contributed by atoms with E-state index in [1.807, 2.05) is 7.05 Å². The zero-order chi connectivity index (χ0) is 11.7. The van der Waals surface area contributed by atoms with Crippen molar-refractivity contribution in [1.29, 1.82) is 0 Å². The van der Waals surface area contributed by atoms with E-state index in [4.69, 9.17) is 4.74 Å². The summed E-state index contributed by atoms with van der Waals surface area (Å²) in [5.74, 6) is 3.15. The largest absolute Gasteiger partial charge is 0.374 e. The molecule has 3 heteroatoms. The second-order valence-electron chi connectivity index (χ2n) is 6.24. The van der Waals surface area contributed by atoms with Gasteiger partial charge in [-0.3, -0.25) is 4.90 Å². The van der Waals surface area contributed by atoms with E-state index in [-0.39, 0.29) is 0 Å². The average Bonchev–Trinajstić information content (AvgIpc) is 2.92. The molecule has 2 aliphatic carbocycles. The summed E-state index contributed by atoms with van der Waals surface area (Å²) in [5, 5.41) is 3.23. The molecule has 2 saturated carbocycles. The number of morpholine rings is 1. The molecule has 4 atom stereocenters. The number of likely N-dealkylation sites (N-methyl/N-ethyl adjacent to an activating group) is 1. The van der Waals surface area contributed by atoms with Crippen molar-refractivity contribution in [3.63, 3.8) is 0 Å². The molecule has 1 saturated heterocycles. The van der Waals surface area contributed by atoms with E-state index >= 15 is 0 Å². The van der Waals surface area contributed by atoms with Gasteiger partial charge in [0.2, 0.25) is 0 Å². The van der Waals surface area contributed by atoms with E-state index in [9.17, 15) is 0 Å². The van der Waals surface area contributed by atoms with Crippen molar-refractivity contribution in [3.05, 3.63) is 0 Å². The van der Waals surface area contributed by atoms with Gasteiger partial charge in [-0.2, -0.15) is 0 Å². The fraction of sp³-hybridized carbons (Fsp3) is 1.00. The molecular weight excluding hydrogens is 212 g/mol. The molecule has 4 unspecified atom stereocenters. The SMILES string of the molecule is CNCC1CN(CC2CC3CCC2C3)CCO1. The van der Waals surface area contributed by atoms with E-state index in [0.29, 0.717) is 6.10 Å². The lowest BCUT2D eigenvalue weighted by Crippen LogP contribution is -2.48. The molecule has 0 radical (unpaired) electrons. The molecular formula is C14H26N2O. The first-order valence-corrected chi connectivity index (χ1v) is 7.33. The summed E-state index contributed by atoms with van der Waals surface area (Å²) >= 11 is 0. The Morgan fingerprint density at radius 1 is 1.29 bits per heavy atom. The van der Waals surface area contributed by atoms with Gasteiger partial charge in [-0.05, 0) is 44.1 Å². The second-order valence-corrected chi connectivity index (χ2v) is 6.24. The van der Waals surface area contributed by atoms with E-state index in [0.717, 1.165) is 44.0 Å². The zero-order valence-electron chi connectivity index (χ0n) is 11.0. The van der Waals surface area contributed by atoms with Crippen molar-refractivity contribution in [3.8, 4) is 0 Å². The van der Waals surface area contributed by atoms with Crippen LogP contribution in [0.5, 0.6) is 0 Å². The van der Waals surface area contributed by atoms with Gasteiger partial charge in [0.25, 0.3) is 0 Å². The second kappa shape index (κ2) is 5.25. The molecule has 0 spiro atoms. The Hall–Kier alpha value is -0.120. The third kappa shape index (κ3) is 2.67. The van der Waals surface area contributed by atoms with Crippen LogP contribution in [0.2, 0.25) is 0 Å². The van der Waals surface area contributed by atoms with Crippen molar-refractivity contribution in [2.45, 2.75) is 31.8 Å². The maximum atomic E-state index is 5.77. The number of nitrogens with zero attached hydrogens (tertiary/aromatic N) is 1. The highest BCUT2D eigenvalue weighted by atomic mass is 16.5. The van der Waals surface area contributed by atoms with Crippen LogP contribution in [0.15, 0.2) is 0 Å². The van der Waals surface area contributed by atoms with E-state index < -0.39 is 0 Å². The molecule has 3 nitrogen and oxygen atoms in total. The Balaban J connectivity index is 1.48. The maximum absolute atomic E-state index is 5.77. The Morgan fingerprint density at radius 3 is 2.94 bits per heavy atom. The van der Waals surface area contributed by atoms with Crippen LogP contribution < -0.4 is 5.32 Å². The van der Waals surface area contributed by atoms with E-state index in [1.54, 1.807) is 0 Å². The standard InChI is InChI=1S/C14H26N2O/c1-15-8-14-10-16(4-5-17-14)9-13-7-11-2-3-12(13)6-11/h11-15H,2-10H2,1H3. The van der Waals surface area contributed by atoms with Crippen molar-refractivity contribution in [2.75, 3.05) is 39.8 Å². The van der Waals surface area contributed by atoms with Crippen LogP contribution in [0.25, 0.3) is 0 Å².